The second-order valence-electron chi connectivity index (χ2n) is 5.01. The molecule has 1 heterocycles. The third-order valence-corrected chi connectivity index (χ3v) is 3.55. The first-order valence-electron chi connectivity index (χ1n) is 6.77. The summed E-state index contributed by atoms with van der Waals surface area (Å²) in [7, 11) is 0. The van der Waals surface area contributed by atoms with Crippen LogP contribution in [0, 0.1) is 5.92 Å². The van der Waals surface area contributed by atoms with Crippen molar-refractivity contribution in [2.75, 3.05) is 19.6 Å². The van der Waals surface area contributed by atoms with Gasteiger partial charge in [0.2, 0.25) is 0 Å². The van der Waals surface area contributed by atoms with Gasteiger partial charge in [-0.05, 0) is 44.8 Å². The Kier molecular flexibility index (Phi) is 4.68. The van der Waals surface area contributed by atoms with E-state index >= 15 is 0 Å². The summed E-state index contributed by atoms with van der Waals surface area (Å²) < 4.78 is 0. The Hall–Kier alpha value is -1.68. The Bertz CT molecular complexity index is 465. The molecule has 1 aromatic rings. The van der Waals surface area contributed by atoms with Crippen molar-refractivity contribution in [2.24, 2.45) is 5.92 Å². The number of Topliss-reactive ketones (excluding diaryl/α,β-unsaturated/α-hetero) is 1. The third kappa shape index (κ3) is 3.64. The number of ketones is 1. The summed E-state index contributed by atoms with van der Waals surface area (Å²) in [5.74, 6) is 0.422. The summed E-state index contributed by atoms with van der Waals surface area (Å²) in [6, 6.07) is 6.95. The zero-order chi connectivity index (χ0) is 13.7. The highest BCUT2D eigenvalue weighted by Crippen LogP contribution is 2.12. The molecule has 0 aliphatic carbocycles. The van der Waals surface area contributed by atoms with Gasteiger partial charge in [0, 0.05) is 12.1 Å². The normalized spacial score (nSPS) is 18.3. The van der Waals surface area contributed by atoms with Crippen LogP contribution in [-0.4, -0.2) is 31.3 Å². The second-order valence-corrected chi connectivity index (χ2v) is 5.01. The van der Waals surface area contributed by atoms with Crippen LogP contribution in [0.25, 0.3) is 0 Å². The van der Waals surface area contributed by atoms with Crippen LogP contribution in [0.15, 0.2) is 24.3 Å². The highest BCUT2D eigenvalue weighted by Gasteiger charge is 2.16. The number of hydrogen-bond acceptors (Lipinski definition) is 3. The molecule has 4 nitrogen and oxygen atoms in total. The van der Waals surface area contributed by atoms with Crippen LogP contribution in [0.1, 0.15) is 40.5 Å². The first kappa shape index (κ1) is 13.7. The Balaban J connectivity index is 1.90. The van der Waals surface area contributed by atoms with Crippen molar-refractivity contribution >= 4 is 11.7 Å². The molecule has 1 unspecified atom stereocenters. The largest absolute Gasteiger partial charge is 0.352 e. The van der Waals surface area contributed by atoms with E-state index in [1.807, 2.05) is 0 Å². The van der Waals surface area contributed by atoms with Gasteiger partial charge in [-0.15, -0.1) is 0 Å². The van der Waals surface area contributed by atoms with Gasteiger partial charge < -0.3 is 10.6 Å². The van der Waals surface area contributed by atoms with E-state index in [1.54, 1.807) is 24.3 Å². The van der Waals surface area contributed by atoms with Crippen LogP contribution in [0.3, 0.4) is 0 Å². The predicted octanol–water partition coefficient (Wildman–Crippen LogP) is 1.62. The van der Waals surface area contributed by atoms with E-state index in [2.05, 4.69) is 10.6 Å². The molecule has 1 atom stereocenters. The molecule has 102 valence electrons. The Morgan fingerprint density at radius 2 is 2.05 bits per heavy atom. The zero-order valence-electron chi connectivity index (χ0n) is 11.2. The summed E-state index contributed by atoms with van der Waals surface area (Å²) in [5, 5.41) is 6.21. The molecule has 1 aliphatic rings. The van der Waals surface area contributed by atoms with Crippen molar-refractivity contribution in [3.8, 4) is 0 Å². The molecule has 0 aromatic heterocycles. The molecule has 1 aliphatic heterocycles. The number of nitrogens with one attached hydrogen (secondary N) is 2. The summed E-state index contributed by atoms with van der Waals surface area (Å²) in [6.07, 6.45) is 2.17. The fourth-order valence-electron chi connectivity index (χ4n) is 2.43. The quantitative estimate of drug-likeness (QED) is 0.791. The van der Waals surface area contributed by atoms with E-state index in [4.69, 9.17) is 0 Å². The second kappa shape index (κ2) is 6.48. The lowest BCUT2D eigenvalue weighted by Crippen LogP contribution is -2.27. The fourth-order valence-corrected chi connectivity index (χ4v) is 2.43. The molecular formula is C15H20N2O2. The molecule has 2 rings (SSSR count). The van der Waals surface area contributed by atoms with Crippen molar-refractivity contribution < 1.29 is 9.59 Å². The fraction of sp³-hybridized carbons (Fsp3) is 0.467. The molecule has 0 saturated carbocycles. The molecule has 19 heavy (non-hydrogen) atoms. The molecule has 1 fully saturated rings. The lowest BCUT2D eigenvalue weighted by atomic mass is 10.0. The molecule has 2 N–H and O–H groups in total. The third-order valence-electron chi connectivity index (χ3n) is 3.55. The van der Waals surface area contributed by atoms with Crippen LogP contribution in [0.5, 0.6) is 0 Å². The van der Waals surface area contributed by atoms with E-state index in [0.717, 1.165) is 19.5 Å². The summed E-state index contributed by atoms with van der Waals surface area (Å²) in [5.41, 5.74) is 0.960. The summed E-state index contributed by atoms with van der Waals surface area (Å²) >= 11 is 0. The minimum absolute atomic E-state index is 0.0780. The SMILES string of the molecule is CC(=O)c1ccccc1C(=O)NCCC1CCNC1. The van der Waals surface area contributed by atoms with Gasteiger partial charge in [-0.2, -0.15) is 0 Å². The maximum Gasteiger partial charge on any atom is 0.252 e. The Labute approximate surface area is 113 Å². The van der Waals surface area contributed by atoms with Crippen LogP contribution < -0.4 is 10.6 Å². The Morgan fingerprint density at radius 1 is 1.32 bits per heavy atom. The minimum atomic E-state index is -0.156. The molecule has 0 spiro atoms. The van der Waals surface area contributed by atoms with E-state index in [1.165, 1.54) is 13.3 Å². The van der Waals surface area contributed by atoms with Gasteiger partial charge >= 0.3 is 0 Å². The van der Waals surface area contributed by atoms with Gasteiger partial charge in [0.25, 0.3) is 5.91 Å². The lowest BCUT2D eigenvalue weighted by Gasteiger charge is -2.10. The molecule has 4 heteroatoms. The van der Waals surface area contributed by atoms with E-state index in [0.29, 0.717) is 23.6 Å². The highest BCUT2D eigenvalue weighted by atomic mass is 16.2. The predicted molar refractivity (Wildman–Crippen MR) is 74.4 cm³/mol. The van der Waals surface area contributed by atoms with Crippen LogP contribution >= 0.6 is 0 Å². The maximum absolute atomic E-state index is 12.1. The van der Waals surface area contributed by atoms with Gasteiger partial charge in [-0.3, -0.25) is 9.59 Å². The van der Waals surface area contributed by atoms with Crippen molar-refractivity contribution in [1.29, 1.82) is 0 Å². The number of hydrogen-bond donors (Lipinski definition) is 2. The number of carbonyl (C=O) groups is 2. The Morgan fingerprint density at radius 3 is 2.68 bits per heavy atom. The minimum Gasteiger partial charge on any atom is -0.352 e. The smallest absolute Gasteiger partial charge is 0.252 e. The van der Waals surface area contributed by atoms with Crippen molar-refractivity contribution in [1.82, 2.24) is 10.6 Å². The van der Waals surface area contributed by atoms with Crippen molar-refractivity contribution in [3.63, 3.8) is 0 Å². The van der Waals surface area contributed by atoms with Gasteiger partial charge in [0.15, 0.2) is 5.78 Å². The number of benzene rings is 1. The number of amides is 1. The molecule has 1 saturated heterocycles. The van der Waals surface area contributed by atoms with E-state index in [-0.39, 0.29) is 11.7 Å². The summed E-state index contributed by atoms with van der Waals surface area (Å²) in [6.45, 7) is 4.26. The van der Waals surface area contributed by atoms with Crippen molar-refractivity contribution in [2.45, 2.75) is 19.8 Å². The first-order valence-corrected chi connectivity index (χ1v) is 6.77. The zero-order valence-corrected chi connectivity index (χ0v) is 11.2. The first-order chi connectivity index (χ1) is 9.18. The van der Waals surface area contributed by atoms with Gasteiger partial charge in [-0.1, -0.05) is 18.2 Å². The van der Waals surface area contributed by atoms with Gasteiger partial charge in [-0.25, -0.2) is 0 Å². The number of rotatable bonds is 5. The average Bonchev–Trinajstić information content (AvgIpc) is 2.91. The summed E-state index contributed by atoms with van der Waals surface area (Å²) in [4.78, 5) is 23.5. The van der Waals surface area contributed by atoms with Crippen LogP contribution in [0.2, 0.25) is 0 Å². The molecule has 0 bridgehead atoms. The molecule has 0 radical (unpaired) electrons. The van der Waals surface area contributed by atoms with Crippen LogP contribution in [0.4, 0.5) is 0 Å². The van der Waals surface area contributed by atoms with Crippen LogP contribution in [-0.2, 0) is 0 Å². The molecule has 1 aromatic carbocycles. The van der Waals surface area contributed by atoms with E-state index in [9.17, 15) is 9.59 Å². The molecular weight excluding hydrogens is 240 g/mol. The number of carbonyl (C=O) groups excluding carboxylic acids is 2. The van der Waals surface area contributed by atoms with Crippen molar-refractivity contribution in [3.05, 3.63) is 35.4 Å². The topological polar surface area (TPSA) is 58.2 Å². The van der Waals surface area contributed by atoms with Gasteiger partial charge in [0.05, 0.1) is 5.56 Å². The monoisotopic (exact) mass is 260 g/mol. The standard InChI is InChI=1S/C15H20N2O2/c1-11(18)13-4-2-3-5-14(13)15(19)17-9-7-12-6-8-16-10-12/h2-5,12,16H,6-10H2,1H3,(H,17,19). The highest BCUT2D eigenvalue weighted by molar-refractivity contribution is 6.07. The lowest BCUT2D eigenvalue weighted by molar-refractivity contribution is 0.0937. The molecule has 1 amide bonds. The maximum atomic E-state index is 12.1. The van der Waals surface area contributed by atoms with E-state index < -0.39 is 0 Å². The average molecular weight is 260 g/mol. The van der Waals surface area contributed by atoms with Gasteiger partial charge in [0.1, 0.15) is 0 Å².